The Hall–Kier alpha value is -2.30. The lowest BCUT2D eigenvalue weighted by Gasteiger charge is -2.21. The summed E-state index contributed by atoms with van der Waals surface area (Å²) in [4.78, 5) is 3.67. The minimum Gasteiger partial charge on any atom is -0.486 e. The van der Waals surface area contributed by atoms with Gasteiger partial charge < -0.3 is 14.4 Å². The number of fused-ring (bicyclic) bond motifs is 1. The van der Waals surface area contributed by atoms with Crippen LogP contribution in [0, 0.1) is 19.8 Å². The van der Waals surface area contributed by atoms with Gasteiger partial charge in [0.15, 0.2) is 11.5 Å². The fraction of sp³-hybridized carbons (Fsp3) is 0.429. The van der Waals surface area contributed by atoms with Crippen molar-refractivity contribution < 1.29 is 9.47 Å². The Kier molecular flexibility index (Phi) is 7.22. The third kappa shape index (κ3) is 5.36. The van der Waals surface area contributed by atoms with Crippen LogP contribution in [0.15, 0.2) is 41.8 Å². The lowest BCUT2D eigenvalue weighted by atomic mass is 9.91. The summed E-state index contributed by atoms with van der Waals surface area (Å²) in [6, 6.07) is 13.4. The minimum absolute atomic E-state index is 0.620. The van der Waals surface area contributed by atoms with Crippen molar-refractivity contribution in [3.63, 3.8) is 0 Å². The molecule has 0 unspecified atom stereocenters. The van der Waals surface area contributed by atoms with E-state index < -0.39 is 0 Å². The van der Waals surface area contributed by atoms with E-state index in [4.69, 9.17) is 9.47 Å². The van der Waals surface area contributed by atoms with Crippen LogP contribution in [0.1, 0.15) is 41.7 Å². The third-order valence-electron chi connectivity index (χ3n) is 6.40. The quantitative estimate of drug-likeness (QED) is 0.390. The van der Waals surface area contributed by atoms with Gasteiger partial charge in [0.2, 0.25) is 0 Å². The normalized spacial score (nSPS) is 14.1. The number of hydrogen-bond acceptors (Lipinski definition) is 4. The molecule has 1 atom stereocenters. The van der Waals surface area contributed by atoms with E-state index in [0.717, 1.165) is 37.4 Å². The number of rotatable bonds is 8. The van der Waals surface area contributed by atoms with Gasteiger partial charge >= 0.3 is 0 Å². The summed E-state index contributed by atoms with van der Waals surface area (Å²) in [7, 11) is 2.21. The largest absolute Gasteiger partial charge is 0.486 e. The van der Waals surface area contributed by atoms with Crippen LogP contribution in [0.5, 0.6) is 11.5 Å². The highest BCUT2D eigenvalue weighted by molar-refractivity contribution is 7.13. The first-order valence-corrected chi connectivity index (χ1v) is 12.6. The Morgan fingerprint density at radius 2 is 1.69 bits per heavy atom. The van der Waals surface area contributed by atoms with Crippen LogP contribution < -0.4 is 9.47 Å². The van der Waals surface area contributed by atoms with Crippen LogP contribution >= 0.6 is 11.3 Å². The van der Waals surface area contributed by atoms with E-state index in [9.17, 15) is 0 Å². The predicted octanol–water partition coefficient (Wildman–Crippen LogP) is 6.52. The highest BCUT2D eigenvalue weighted by atomic mass is 32.1. The SMILES string of the molecule is CCN(C)C[C@H](C)Cc1cc(C)c(Cc2csc(-c3ccc4c(c3)OCCO4)c2)cc1C. The summed E-state index contributed by atoms with van der Waals surface area (Å²) in [5, 5.41) is 2.29. The summed E-state index contributed by atoms with van der Waals surface area (Å²) >= 11 is 1.80. The molecule has 2 aromatic carbocycles. The van der Waals surface area contributed by atoms with E-state index >= 15 is 0 Å². The second-order valence-electron chi connectivity index (χ2n) is 9.22. The molecule has 0 fully saturated rings. The molecule has 4 rings (SSSR count). The number of nitrogens with zero attached hydrogens (tertiary/aromatic N) is 1. The first-order valence-electron chi connectivity index (χ1n) is 11.7. The highest BCUT2D eigenvalue weighted by Gasteiger charge is 2.14. The molecule has 0 saturated heterocycles. The average Bonchev–Trinajstić information content (AvgIpc) is 3.25. The smallest absolute Gasteiger partial charge is 0.162 e. The molecule has 0 amide bonds. The molecule has 0 bridgehead atoms. The zero-order chi connectivity index (χ0) is 22.7. The molecule has 1 aromatic heterocycles. The fourth-order valence-electron chi connectivity index (χ4n) is 4.48. The molecule has 0 spiro atoms. The standard InChI is InChI=1S/C28H35NO2S/c1-6-29(5)17-19(2)11-24-12-21(4)25(13-20(24)3)14-22-15-28(32-18-22)23-7-8-26-27(16-23)31-10-9-30-26/h7-8,12-13,15-16,18-19H,6,9-11,14,17H2,1-5H3/t19-/m1/s1. The Bertz CT molecular complexity index is 1070. The molecule has 3 nitrogen and oxygen atoms in total. The lowest BCUT2D eigenvalue weighted by molar-refractivity contribution is 0.171. The van der Waals surface area contributed by atoms with Crippen LogP contribution in [0.2, 0.25) is 0 Å². The first kappa shape index (κ1) is 22.9. The minimum atomic E-state index is 0.620. The molecule has 0 saturated carbocycles. The van der Waals surface area contributed by atoms with Gasteiger partial charge in [-0.15, -0.1) is 11.3 Å². The Labute approximate surface area is 197 Å². The number of aryl methyl sites for hydroxylation is 2. The predicted molar refractivity (Wildman–Crippen MR) is 136 cm³/mol. The van der Waals surface area contributed by atoms with Crippen molar-refractivity contribution in [2.75, 3.05) is 33.4 Å². The molecular weight excluding hydrogens is 414 g/mol. The zero-order valence-corrected chi connectivity index (χ0v) is 20.8. The van der Waals surface area contributed by atoms with Gasteiger partial charge in [0.25, 0.3) is 0 Å². The maximum atomic E-state index is 5.76. The van der Waals surface area contributed by atoms with Crippen molar-refractivity contribution >= 4 is 11.3 Å². The van der Waals surface area contributed by atoms with Gasteiger partial charge in [-0.2, -0.15) is 0 Å². The fourth-order valence-corrected chi connectivity index (χ4v) is 5.40. The number of thiophene rings is 1. The monoisotopic (exact) mass is 449 g/mol. The van der Waals surface area contributed by atoms with Gasteiger partial charge in [-0.05, 0) is 109 Å². The highest BCUT2D eigenvalue weighted by Crippen LogP contribution is 2.37. The second kappa shape index (κ2) is 10.1. The van der Waals surface area contributed by atoms with E-state index in [0.29, 0.717) is 19.1 Å². The third-order valence-corrected chi connectivity index (χ3v) is 7.43. The topological polar surface area (TPSA) is 21.7 Å². The van der Waals surface area contributed by atoms with Crippen LogP contribution in [0.25, 0.3) is 10.4 Å². The molecule has 3 aromatic rings. The molecule has 2 heterocycles. The van der Waals surface area contributed by atoms with Crippen molar-refractivity contribution in [3.8, 4) is 21.9 Å². The molecule has 170 valence electrons. The molecule has 0 aliphatic carbocycles. The van der Waals surface area contributed by atoms with Crippen LogP contribution in [-0.2, 0) is 12.8 Å². The molecule has 4 heteroatoms. The summed E-state index contributed by atoms with van der Waals surface area (Å²) in [5.74, 6) is 2.36. The van der Waals surface area contributed by atoms with Gasteiger partial charge in [-0.3, -0.25) is 0 Å². The molecule has 1 aliphatic heterocycles. The Balaban J connectivity index is 1.47. The van der Waals surface area contributed by atoms with Crippen molar-refractivity contribution in [1.29, 1.82) is 0 Å². The number of benzene rings is 2. The molecule has 32 heavy (non-hydrogen) atoms. The van der Waals surface area contributed by atoms with Gasteiger partial charge in [0, 0.05) is 11.4 Å². The van der Waals surface area contributed by atoms with Crippen LogP contribution in [-0.4, -0.2) is 38.3 Å². The Morgan fingerprint density at radius 3 is 2.47 bits per heavy atom. The van der Waals surface area contributed by atoms with E-state index in [1.165, 1.54) is 38.3 Å². The zero-order valence-electron chi connectivity index (χ0n) is 20.0. The van der Waals surface area contributed by atoms with Gasteiger partial charge in [0.05, 0.1) is 0 Å². The Morgan fingerprint density at radius 1 is 0.969 bits per heavy atom. The summed E-state index contributed by atoms with van der Waals surface area (Å²) in [5.41, 5.74) is 8.29. The van der Waals surface area contributed by atoms with Crippen LogP contribution in [0.3, 0.4) is 0 Å². The summed E-state index contributed by atoms with van der Waals surface area (Å²) in [6.45, 7) is 12.6. The van der Waals surface area contributed by atoms with Gasteiger partial charge in [-0.1, -0.05) is 26.0 Å². The van der Waals surface area contributed by atoms with Gasteiger partial charge in [0.1, 0.15) is 13.2 Å². The maximum absolute atomic E-state index is 5.76. The van der Waals surface area contributed by atoms with Gasteiger partial charge in [-0.25, -0.2) is 0 Å². The van der Waals surface area contributed by atoms with E-state index in [1.54, 1.807) is 11.3 Å². The molecule has 0 N–H and O–H groups in total. The summed E-state index contributed by atoms with van der Waals surface area (Å²) in [6.07, 6.45) is 2.12. The molecular formula is C28H35NO2S. The maximum Gasteiger partial charge on any atom is 0.162 e. The first-order chi connectivity index (χ1) is 15.4. The van der Waals surface area contributed by atoms with Crippen molar-refractivity contribution in [2.24, 2.45) is 5.92 Å². The van der Waals surface area contributed by atoms with E-state index in [-0.39, 0.29) is 0 Å². The number of hydrogen-bond donors (Lipinski definition) is 0. The van der Waals surface area contributed by atoms with Crippen molar-refractivity contribution in [3.05, 3.63) is 69.6 Å². The summed E-state index contributed by atoms with van der Waals surface area (Å²) < 4.78 is 11.4. The van der Waals surface area contributed by atoms with E-state index in [2.05, 4.69) is 75.4 Å². The molecule has 0 radical (unpaired) electrons. The van der Waals surface area contributed by atoms with Crippen molar-refractivity contribution in [1.82, 2.24) is 4.90 Å². The number of ether oxygens (including phenoxy) is 2. The average molecular weight is 450 g/mol. The molecule has 1 aliphatic rings. The van der Waals surface area contributed by atoms with Crippen LogP contribution in [0.4, 0.5) is 0 Å². The lowest BCUT2D eigenvalue weighted by Crippen LogP contribution is -2.25. The van der Waals surface area contributed by atoms with E-state index in [1.807, 2.05) is 6.07 Å². The second-order valence-corrected chi connectivity index (χ2v) is 10.1. The van der Waals surface area contributed by atoms with Crippen molar-refractivity contribution in [2.45, 2.75) is 40.5 Å².